The first kappa shape index (κ1) is 13.5. The Morgan fingerprint density at radius 1 is 1.00 bits per heavy atom. The third-order valence-electron chi connectivity index (χ3n) is 2.53. The molecule has 2 N–H and O–H groups in total. The van der Waals surface area contributed by atoms with Crippen molar-refractivity contribution in [1.29, 1.82) is 0 Å². The molecule has 1 nitrogen and oxygen atoms in total. The second kappa shape index (κ2) is 6.28. The number of halogens is 1. The Balaban J connectivity index is 2.04. The van der Waals surface area contributed by atoms with Gasteiger partial charge >= 0.3 is 0 Å². The van der Waals surface area contributed by atoms with Crippen LogP contribution in [-0.2, 0) is 6.42 Å². The van der Waals surface area contributed by atoms with Gasteiger partial charge in [0.1, 0.15) is 0 Å². The van der Waals surface area contributed by atoms with Crippen molar-refractivity contribution in [3.63, 3.8) is 0 Å². The molecular weight excluding hydrogens is 262 g/mol. The van der Waals surface area contributed by atoms with Gasteiger partial charge < -0.3 is 5.73 Å². The number of rotatable bonds is 4. The molecule has 94 valence electrons. The molecule has 0 fully saturated rings. The van der Waals surface area contributed by atoms with E-state index in [9.17, 15) is 0 Å². The summed E-state index contributed by atoms with van der Waals surface area (Å²) < 4.78 is 0. The predicted molar refractivity (Wildman–Crippen MR) is 79.4 cm³/mol. The highest BCUT2D eigenvalue weighted by Gasteiger charge is 2.00. The minimum Gasteiger partial charge on any atom is -0.328 e. The van der Waals surface area contributed by atoms with Crippen LogP contribution in [0.5, 0.6) is 0 Å². The van der Waals surface area contributed by atoms with Crippen LogP contribution >= 0.6 is 23.4 Å². The normalized spacial score (nSPS) is 12.4. The molecule has 0 saturated carbocycles. The zero-order valence-corrected chi connectivity index (χ0v) is 11.8. The average Bonchev–Trinajstić information content (AvgIpc) is 2.34. The van der Waals surface area contributed by atoms with Gasteiger partial charge in [-0.3, -0.25) is 0 Å². The van der Waals surface area contributed by atoms with Crippen LogP contribution in [-0.4, -0.2) is 6.04 Å². The van der Waals surface area contributed by atoms with Crippen LogP contribution in [0.15, 0.2) is 58.3 Å². The van der Waals surface area contributed by atoms with Crippen molar-refractivity contribution in [2.75, 3.05) is 0 Å². The van der Waals surface area contributed by atoms with Gasteiger partial charge in [0, 0.05) is 20.9 Å². The monoisotopic (exact) mass is 277 g/mol. The largest absolute Gasteiger partial charge is 0.328 e. The van der Waals surface area contributed by atoms with Crippen LogP contribution < -0.4 is 5.73 Å². The fourth-order valence-electron chi connectivity index (χ4n) is 1.70. The third kappa shape index (κ3) is 4.05. The Bertz CT molecular complexity index is 491. The molecule has 0 aliphatic rings. The highest BCUT2D eigenvalue weighted by molar-refractivity contribution is 7.99. The van der Waals surface area contributed by atoms with E-state index in [1.807, 2.05) is 31.2 Å². The predicted octanol–water partition coefficient (Wildman–Crippen LogP) is 4.38. The first-order valence-corrected chi connectivity index (χ1v) is 7.11. The Labute approximate surface area is 117 Å². The zero-order chi connectivity index (χ0) is 13.0. The van der Waals surface area contributed by atoms with Gasteiger partial charge in [-0.15, -0.1) is 0 Å². The van der Waals surface area contributed by atoms with Crippen LogP contribution in [0.1, 0.15) is 12.5 Å². The molecule has 0 aliphatic carbocycles. The minimum atomic E-state index is 0.208. The van der Waals surface area contributed by atoms with Crippen molar-refractivity contribution >= 4 is 23.4 Å². The molecule has 0 spiro atoms. The van der Waals surface area contributed by atoms with Gasteiger partial charge in [-0.1, -0.05) is 35.5 Å². The van der Waals surface area contributed by atoms with Crippen LogP contribution in [0.2, 0.25) is 5.02 Å². The molecule has 2 aromatic carbocycles. The molecule has 18 heavy (non-hydrogen) atoms. The van der Waals surface area contributed by atoms with E-state index in [-0.39, 0.29) is 6.04 Å². The topological polar surface area (TPSA) is 26.0 Å². The lowest BCUT2D eigenvalue weighted by atomic mass is 10.1. The smallest absolute Gasteiger partial charge is 0.0406 e. The van der Waals surface area contributed by atoms with Crippen molar-refractivity contribution in [3.8, 4) is 0 Å². The first-order chi connectivity index (χ1) is 8.63. The van der Waals surface area contributed by atoms with Crippen molar-refractivity contribution < 1.29 is 0 Å². The lowest BCUT2D eigenvalue weighted by Gasteiger charge is -2.06. The SMILES string of the molecule is CC(N)Cc1ccc(Sc2ccc(Cl)cc2)cc1. The second-order valence-electron chi connectivity index (χ2n) is 4.38. The lowest BCUT2D eigenvalue weighted by molar-refractivity contribution is 0.737. The van der Waals surface area contributed by atoms with Gasteiger partial charge in [0.05, 0.1) is 0 Å². The van der Waals surface area contributed by atoms with Crippen molar-refractivity contribution in [2.45, 2.75) is 29.2 Å². The lowest BCUT2D eigenvalue weighted by Crippen LogP contribution is -2.17. The van der Waals surface area contributed by atoms with Gasteiger partial charge in [-0.25, -0.2) is 0 Å². The molecule has 0 bridgehead atoms. The van der Waals surface area contributed by atoms with E-state index < -0.39 is 0 Å². The van der Waals surface area contributed by atoms with Gasteiger partial charge in [0.2, 0.25) is 0 Å². The summed E-state index contributed by atoms with van der Waals surface area (Å²) in [5.41, 5.74) is 7.07. The van der Waals surface area contributed by atoms with Crippen LogP contribution in [0, 0.1) is 0 Å². The molecule has 0 aliphatic heterocycles. The van der Waals surface area contributed by atoms with Gasteiger partial charge in [-0.05, 0) is 55.3 Å². The number of hydrogen-bond acceptors (Lipinski definition) is 2. The average molecular weight is 278 g/mol. The van der Waals surface area contributed by atoms with Crippen LogP contribution in [0.3, 0.4) is 0 Å². The van der Waals surface area contributed by atoms with E-state index in [1.165, 1.54) is 15.4 Å². The molecule has 3 heteroatoms. The maximum atomic E-state index is 5.86. The number of benzene rings is 2. The molecule has 0 radical (unpaired) electrons. The molecule has 0 aromatic heterocycles. The summed E-state index contributed by atoms with van der Waals surface area (Å²) in [6.45, 7) is 2.02. The van der Waals surface area contributed by atoms with Crippen LogP contribution in [0.25, 0.3) is 0 Å². The van der Waals surface area contributed by atoms with E-state index in [2.05, 4.69) is 24.3 Å². The fourth-order valence-corrected chi connectivity index (χ4v) is 2.65. The quantitative estimate of drug-likeness (QED) is 0.897. The molecule has 0 saturated heterocycles. The Morgan fingerprint density at radius 2 is 1.50 bits per heavy atom. The Hall–Kier alpha value is -0.960. The molecule has 2 rings (SSSR count). The van der Waals surface area contributed by atoms with Gasteiger partial charge in [-0.2, -0.15) is 0 Å². The maximum Gasteiger partial charge on any atom is 0.0406 e. The summed E-state index contributed by atoms with van der Waals surface area (Å²) in [4.78, 5) is 2.42. The Morgan fingerprint density at radius 3 is 2.00 bits per heavy atom. The first-order valence-electron chi connectivity index (χ1n) is 5.91. The number of hydrogen-bond donors (Lipinski definition) is 1. The highest BCUT2D eigenvalue weighted by Crippen LogP contribution is 2.28. The minimum absolute atomic E-state index is 0.208. The number of nitrogens with two attached hydrogens (primary N) is 1. The summed E-state index contributed by atoms with van der Waals surface area (Å²) in [5, 5.41) is 0.770. The summed E-state index contributed by atoms with van der Waals surface area (Å²) in [7, 11) is 0. The molecule has 2 aromatic rings. The molecule has 1 unspecified atom stereocenters. The standard InChI is InChI=1S/C15H16ClNS/c1-11(17)10-12-2-6-14(7-3-12)18-15-8-4-13(16)5-9-15/h2-9,11H,10,17H2,1H3. The van der Waals surface area contributed by atoms with Gasteiger partial charge in [0.25, 0.3) is 0 Å². The maximum absolute atomic E-state index is 5.86. The summed E-state index contributed by atoms with van der Waals surface area (Å²) >= 11 is 7.60. The summed E-state index contributed by atoms with van der Waals surface area (Å²) in [6, 6.07) is 16.6. The highest BCUT2D eigenvalue weighted by atomic mass is 35.5. The molecule has 0 amide bonds. The zero-order valence-electron chi connectivity index (χ0n) is 10.3. The second-order valence-corrected chi connectivity index (χ2v) is 5.96. The third-order valence-corrected chi connectivity index (χ3v) is 3.80. The van der Waals surface area contributed by atoms with E-state index >= 15 is 0 Å². The van der Waals surface area contributed by atoms with E-state index in [1.54, 1.807) is 11.8 Å². The van der Waals surface area contributed by atoms with Crippen molar-refractivity contribution in [2.24, 2.45) is 5.73 Å². The van der Waals surface area contributed by atoms with Crippen molar-refractivity contribution in [3.05, 3.63) is 59.1 Å². The molecule has 1 atom stereocenters. The summed E-state index contributed by atoms with van der Waals surface area (Å²) in [5.74, 6) is 0. The van der Waals surface area contributed by atoms with E-state index in [0.717, 1.165) is 11.4 Å². The van der Waals surface area contributed by atoms with Crippen molar-refractivity contribution in [1.82, 2.24) is 0 Å². The molecular formula is C15H16ClNS. The van der Waals surface area contributed by atoms with Crippen LogP contribution in [0.4, 0.5) is 0 Å². The Kier molecular flexibility index (Phi) is 4.70. The summed E-state index contributed by atoms with van der Waals surface area (Å²) in [6.07, 6.45) is 0.923. The molecule has 0 heterocycles. The fraction of sp³-hybridized carbons (Fsp3) is 0.200. The van der Waals surface area contributed by atoms with E-state index in [4.69, 9.17) is 17.3 Å². The van der Waals surface area contributed by atoms with Gasteiger partial charge in [0.15, 0.2) is 0 Å². The van der Waals surface area contributed by atoms with E-state index in [0.29, 0.717) is 0 Å².